The second kappa shape index (κ2) is 9.25. The number of anilines is 1. The minimum absolute atomic E-state index is 0. The molecule has 1 atom stereocenters. The fourth-order valence-corrected chi connectivity index (χ4v) is 2.57. The van der Waals surface area contributed by atoms with Gasteiger partial charge in [0.25, 0.3) is 5.91 Å². The highest BCUT2D eigenvalue weighted by Gasteiger charge is 2.28. The highest BCUT2D eigenvalue weighted by atomic mass is 35.5. The lowest BCUT2D eigenvalue weighted by Crippen LogP contribution is -2.48. The van der Waals surface area contributed by atoms with Crippen molar-refractivity contribution in [3.63, 3.8) is 0 Å². The maximum Gasteiger partial charge on any atom is 0.252 e. The summed E-state index contributed by atoms with van der Waals surface area (Å²) < 4.78 is 0. The first-order valence-corrected chi connectivity index (χ1v) is 8.35. The summed E-state index contributed by atoms with van der Waals surface area (Å²) in [5.74, 6) is 0.481. The molecule has 0 aromatic heterocycles. The van der Waals surface area contributed by atoms with Gasteiger partial charge in [0.05, 0.1) is 10.6 Å². The van der Waals surface area contributed by atoms with Gasteiger partial charge in [-0.05, 0) is 43.1 Å². The van der Waals surface area contributed by atoms with E-state index in [1.807, 2.05) is 20.8 Å². The average molecular weight is 374 g/mol. The molecule has 2 amide bonds. The number of nitrogens with one attached hydrogen (secondary N) is 3. The zero-order valence-electron chi connectivity index (χ0n) is 14.2. The van der Waals surface area contributed by atoms with Crippen LogP contribution in [0.5, 0.6) is 0 Å². The second-order valence-corrected chi connectivity index (χ2v) is 6.90. The predicted molar refractivity (Wildman–Crippen MR) is 100 cm³/mol. The Hall–Kier alpha value is -1.30. The predicted octanol–water partition coefficient (Wildman–Crippen LogP) is 2.94. The van der Waals surface area contributed by atoms with Gasteiger partial charge in [-0.15, -0.1) is 12.4 Å². The van der Waals surface area contributed by atoms with Gasteiger partial charge in [-0.25, -0.2) is 0 Å². The molecular weight excluding hydrogens is 349 g/mol. The van der Waals surface area contributed by atoms with Crippen molar-refractivity contribution < 1.29 is 9.59 Å². The van der Waals surface area contributed by atoms with Crippen molar-refractivity contribution in [3.05, 3.63) is 28.8 Å². The Bertz CT molecular complexity index is 589. The van der Waals surface area contributed by atoms with Crippen LogP contribution in [-0.4, -0.2) is 31.4 Å². The van der Waals surface area contributed by atoms with E-state index in [9.17, 15) is 9.59 Å². The van der Waals surface area contributed by atoms with Crippen molar-refractivity contribution in [1.82, 2.24) is 10.6 Å². The first-order valence-electron chi connectivity index (χ1n) is 7.97. The first-order chi connectivity index (χ1) is 10.9. The number of hydrogen-bond donors (Lipinski definition) is 3. The molecule has 1 aromatic rings. The maximum absolute atomic E-state index is 12.2. The van der Waals surface area contributed by atoms with E-state index in [1.165, 1.54) is 0 Å². The summed E-state index contributed by atoms with van der Waals surface area (Å²) in [6.45, 7) is 8.34. The van der Waals surface area contributed by atoms with Crippen LogP contribution in [0.15, 0.2) is 18.2 Å². The molecule has 1 aliphatic heterocycles. The molecule has 1 heterocycles. The third-order valence-electron chi connectivity index (χ3n) is 4.09. The molecule has 0 spiro atoms. The van der Waals surface area contributed by atoms with Crippen molar-refractivity contribution in [1.29, 1.82) is 0 Å². The molecular formula is C17H25Cl2N3O2. The summed E-state index contributed by atoms with van der Waals surface area (Å²) >= 11 is 6.18. The van der Waals surface area contributed by atoms with Crippen LogP contribution in [0.3, 0.4) is 0 Å². The van der Waals surface area contributed by atoms with Gasteiger partial charge in [0.1, 0.15) is 0 Å². The van der Waals surface area contributed by atoms with Crippen LogP contribution >= 0.6 is 24.0 Å². The minimum Gasteiger partial charge on any atom is -0.352 e. The smallest absolute Gasteiger partial charge is 0.252 e. The van der Waals surface area contributed by atoms with Crippen molar-refractivity contribution in [2.24, 2.45) is 17.8 Å². The lowest BCUT2D eigenvalue weighted by molar-refractivity contribution is -0.121. The summed E-state index contributed by atoms with van der Waals surface area (Å²) in [4.78, 5) is 24.3. The van der Waals surface area contributed by atoms with Crippen molar-refractivity contribution in [3.8, 4) is 0 Å². The van der Waals surface area contributed by atoms with Gasteiger partial charge < -0.3 is 16.0 Å². The molecule has 2 rings (SSSR count). The van der Waals surface area contributed by atoms with E-state index in [0.717, 1.165) is 13.1 Å². The Balaban J connectivity index is 0.00000288. The van der Waals surface area contributed by atoms with Gasteiger partial charge in [-0.2, -0.15) is 0 Å². The lowest BCUT2D eigenvalue weighted by atomic mass is 9.88. The minimum atomic E-state index is -0.199. The highest BCUT2D eigenvalue weighted by Crippen LogP contribution is 2.23. The fourth-order valence-electron chi connectivity index (χ4n) is 2.30. The van der Waals surface area contributed by atoms with E-state index >= 15 is 0 Å². The summed E-state index contributed by atoms with van der Waals surface area (Å²) in [6, 6.07) is 4.97. The molecule has 1 aliphatic rings. The Labute approximate surface area is 154 Å². The van der Waals surface area contributed by atoms with Crippen LogP contribution in [0.25, 0.3) is 0 Å². The van der Waals surface area contributed by atoms with Gasteiger partial charge in [0.2, 0.25) is 5.91 Å². The van der Waals surface area contributed by atoms with E-state index in [1.54, 1.807) is 18.2 Å². The number of carbonyl (C=O) groups excluding carboxylic acids is 2. The maximum atomic E-state index is 12.2. The summed E-state index contributed by atoms with van der Waals surface area (Å²) in [5, 5.41) is 9.19. The van der Waals surface area contributed by atoms with Crippen LogP contribution in [0.2, 0.25) is 5.02 Å². The molecule has 1 saturated heterocycles. The Morgan fingerprint density at radius 3 is 2.46 bits per heavy atom. The topological polar surface area (TPSA) is 70.2 Å². The standard InChI is InChI=1S/C17H24ClN3O2.ClH/c1-10(2)7-20-17(23)14-5-4-13(6-15(14)18)21-16(22)11(3)12-8-19-9-12;/h4-6,10-12,19H,7-9H2,1-3H3,(H,20,23)(H,21,22);1H. The number of rotatable bonds is 6. The Morgan fingerprint density at radius 2 is 1.96 bits per heavy atom. The van der Waals surface area contributed by atoms with Crippen LogP contribution in [0, 0.1) is 17.8 Å². The molecule has 1 fully saturated rings. The first kappa shape index (κ1) is 20.7. The zero-order valence-corrected chi connectivity index (χ0v) is 15.8. The molecule has 1 unspecified atom stereocenters. The second-order valence-electron chi connectivity index (χ2n) is 6.49. The van der Waals surface area contributed by atoms with Crippen molar-refractivity contribution in [2.75, 3.05) is 25.0 Å². The fraction of sp³-hybridized carbons (Fsp3) is 0.529. The van der Waals surface area contributed by atoms with Crippen molar-refractivity contribution in [2.45, 2.75) is 20.8 Å². The van der Waals surface area contributed by atoms with Crippen LogP contribution in [-0.2, 0) is 4.79 Å². The number of amides is 2. The van der Waals surface area contributed by atoms with Gasteiger partial charge in [-0.1, -0.05) is 32.4 Å². The van der Waals surface area contributed by atoms with Gasteiger partial charge in [0, 0.05) is 18.2 Å². The van der Waals surface area contributed by atoms with Gasteiger partial charge >= 0.3 is 0 Å². The average Bonchev–Trinajstić information content (AvgIpc) is 2.42. The van der Waals surface area contributed by atoms with E-state index in [2.05, 4.69) is 16.0 Å². The van der Waals surface area contributed by atoms with Crippen LogP contribution in [0.1, 0.15) is 31.1 Å². The van der Waals surface area contributed by atoms with E-state index in [4.69, 9.17) is 11.6 Å². The number of halogens is 2. The summed E-state index contributed by atoms with van der Waals surface area (Å²) in [6.07, 6.45) is 0. The Morgan fingerprint density at radius 1 is 1.29 bits per heavy atom. The highest BCUT2D eigenvalue weighted by molar-refractivity contribution is 6.34. The Kier molecular flexibility index (Phi) is 8.00. The lowest BCUT2D eigenvalue weighted by Gasteiger charge is -2.31. The largest absolute Gasteiger partial charge is 0.352 e. The number of hydrogen-bond acceptors (Lipinski definition) is 3. The number of carbonyl (C=O) groups is 2. The molecule has 24 heavy (non-hydrogen) atoms. The van der Waals surface area contributed by atoms with E-state index < -0.39 is 0 Å². The van der Waals surface area contributed by atoms with Gasteiger partial charge in [-0.3, -0.25) is 9.59 Å². The third-order valence-corrected chi connectivity index (χ3v) is 4.40. The molecule has 7 heteroatoms. The van der Waals surface area contributed by atoms with E-state index in [0.29, 0.717) is 34.7 Å². The number of benzene rings is 1. The molecule has 0 bridgehead atoms. The third kappa shape index (κ3) is 5.36. The molecule has 0 aliphatic carbocycles. The molecule has 5 nitrogen and oxygen atoms in total. The quantitative estimate of drug-likeness (QED) is 0.717. The molecule has 134 valence electrons. The zero-order chi connectivity index (χ0) is 17.0. The molecule has 3 N–H and O–H groups in total. The summed E-state index contributed by atoms with van der Waals surface area (Å²) in [7, 11) is 0. The summed E-state index contributed by atoms with van der Waals surface area (Å²) in [5.41, 5.74) is 1.03. The van der Waals surface area contributed by atoms with E-state index in [-0.39, 0.29) is 30.1 Å². The van der Waals surface area contributed by atoms with Crippen LogP contribution in [0.4, 0.5) is 5.69 Å². The normalized spacial score (nSPS) is 15.2. The van der Waals surface area contributed by atoms with Gasteiger partial charge in [0.15, 0.2) is 0 Å². The SMILES string of the molecule is CC(C)CNC(=O)c1ccc(NC(=O)C(C)C2CNC2)cc1Cl.Cl. The van der Waals surface area contributed by atoms with Crippen molar-refractivity contribution >= 4 is 41.5 Å². The molecule has 0 radical (unpaired) electrons. The molecule has 0 saturated carbocycles. The monoisotopic (exact) mass is 373 g/mol. The molecule has 1 aromatic carbocycles. The van der Waals surface area contributed by atoms with Crippen LogP contribution < -0.4 is 16.0 Å².